The molecule has 246 valence electrons. The Hall–Kier alpha value is -0.360. The third-order valence-corrected chi connectivity index (χ3v) is 6.79. The summed E-state index contributed by atoms with van der Waals surface area (Å²) >= 11 is 0. The molecule has 0 aromatic carbocycles. The zero-order chi connectivity index (χ0) is 29.2. The molecule has 1 heterocycles. The molecule has 1 aliphatic rings. The van der Waals surface area contributed by atoms with Gasteiger partial charge in [-0.05, 0) is 25.7 Å². The molecule has 0 aliphatic carbocycles. The van der Waals surface area contributed by atoms with Crippen LogP contribution in [-0.4, -0.2) is 112 Å². The summed E-state index contributed by atoms with van der Waals surface area (Å²) in [4.78, 5) is 0. The van der Waals surface area contributed by atoms with Crippen molar-refractivity contribution >= 4 is 0 Å². The molecule has 41 heavy (non-hydrogen) atoms. The maximum atomic E-state index is 5.65. The summed E-state index contributed by atoms with van der Waals surface area (Å²) in [6.07, 6.45) is 18.2. The van der Waals surface area contributed by atoms with Gasteiger partial charge in [-0.3, -0.25) is 0 Å². The lowest BCUT2D eigenvalue weighted by Crippen LogP contribution is -2.24. The predicted octanol–water partition coefficient (Wildman–Crippen LogP) is 5.96. The van der Waals surface area contributed by atoms with E-state index in [4.69, 9.17) is 42.6 Å². The molecule has 0 spiro atoms. The van der Waals surface area contributed by atoms with E-state index in [-0.39, 0.29) is 6.29 Å². The first-order valence-corrected chi connectivity index (χ1v) is 16.7. The molecule has 0 aromatic rings. The first kappa shape index (κ1) is 38.7. The largest absolute Gasteiger partial charge is 0.379 e. The second-order valence-corrected chi connectivity index (χ2v) is 10.5. The molecule has 1 saturated heterocycles. The van der Waals surface area contributed by atoms with Crippen LogP contribution >= 0.6 is 0 Å². The molecule has 0 aromatic heterocycles. The number of ether oxygens (including phenoxy) is 9. The standard InChI is InChI=1S/C32H64O9/c1-2-3-4-5-6-7-8-9-10-11-13-16-33-18-19-34-20-21-35-22-23-36-24-25-37-26-27-38-28-29-39-30-31-41-32-15-12-14-17-40-32/h32H,2-31H2,1H3. The number of unbranched alkanes of at least 4 members (excludes halogenated alkanes) is 10. The fraction of sp³-hybridized carbons (Fsp3) is 1.00. The molecule has 9 heteroatoms. The van der Waals surface area contributed by atoms with Gasteiger partial charge in [0.1, 0.15) is 0 Å². The van der Waals surface area contributed by atoms with Crippen molar-refractivity contribution in [1.29, 1.82) is 0 Å². The highest BCUT2D eigenvalue weighted by Crippen LogP contribution is 2.13. The van der Waals surface area contributed by atoms with E-state index in [1.54, 1.807) is 0 Å². The molecule has 1 rings (SSSR count). The topological polar surface area (TPSA) is 83.1 Å². The van der Waals surface area contributed by atoms with E-state index in [0.29, 0.717) is 92.5 Å². The van der Waals surface area contributed by atoms with Crippen LogP contribution in [0.4, 0.5) is 0 Å². The lowest BCUT2D eigenvalue weighted by Gasteiger charge is -2.22. The number of hydrogen-bond donors (Lipinski definition) is 0. The molecule has 0 amide bonds. The van der Waals surface area contributed by atoms with Crippen molar-refractivity contribution in [2.45, 2.75) is 103 Å². The van der Waals surface area contributed by atoms with Crippen LogP contribution in [0.2, 0.25) is 0 Å². The minimum Gasteiger partial charge on any atom is -0.379 e. The van der Waals surface area contributed by atoms with Gasteiger partial charge in [0.05, 0.1) is 92.5 Å². The van der Waals surface area contributed by atoms with Gasteiger partial charge >= 0.3 is 0 Å². The number of rotatable bonds is 34. The Balaban J connectivity index is 1.60. The molecular formula is C32H64O9. The molecule has 1 atom stereocenters. The van der Waals surface area contributed by atoms with Crippen LogP contribution in [0.15, 0.2) is 0 Å². The first-order chi connectivity index (χ1) is 20.4. The van der Waals surface area contributed by atoms with Gasteiger partial charge < -0.3 is 42.6 Å². The minimum atomic E-state index is -0.0544. The summed E-state index contributed by atoms with van der Waals surface area (Å²) in [5, 5.41) is 0. The molecule has 0 bridgehead atoms. The van der Waals surface area contributed by atoms with Gasteiger partial charge in [-0.25, -0.2) is 0 Å². The Kier molecular flexibility index (Phi) is 32.2. The van der Waals surface area contributed by atoms with Gasteiger partial charge in [-0.1, -0.05) is 71.1 Å². The molecule has 0 N–H and O–H groups in total. The van der Waals surface area contributed by atoms with E-state index in [1.807, 2.05) is 0 Å². The Bertz CT molecular complexity index is 478. The minimum absolute atomic E-state index is 0.0544. The van der Waals surface area contributed by atoms with Crippen molar-refractivity contribution in [3.8, 4) is 0 Å². The first-order valence-electron chi connectivity index (χ1n) is 16.7. The van der Waals surface area contributed by atoms with Crippen molar-refractivity contribution in [1.82, 2.24) is 0 Å². The fourth-order valence-electron chi connectivity index (χ4n) is 4.37. The summed E-state index contributed by atoms with van der Waals surface area (Å²) in [5.41, 5.74) is 0. The fourth-order valence-corrected chi connectivity index (χ4v) is 4.37. The van der Waals surface area contributed by atoms with Gasteiger partial charge in [-0.15, -0.1) is 0 Å². The zero-order valence-electron chi connectivity index (χ0n) is 26.5. The summed E-state index contributed by atoms with van der Waals surface area (Å²) in [6.45, 7) is 11.9. The van der Waals surface area contributed by atoms with Crippen LogP contribution in [0, 0.1) is 0 Å². The molecule has 0 radical (unpaired) electrons. The monoisotopic (exact) mass is 592 g/mol. The van der Waals surface area contributed by atoms with E-state index in [2.05, 4.69) is 6.92 Å². The smallest absolute Gasteiger partial charge is 0.157 e. The molecule has 1 fully saturated rings. The SMILES string of the molecule is CCCCCCCCCCCCCOCCOCCOCCOCCOCCOCCOCCOC1CCCCO1. The zero-order valence-corrected chi connectivity index (χ0v) is 26.5. The summed E-state index contributed by atoms with van der Waals surface area (Å²) in [6, 6.07) is 0. The van der Waals surface area contributed by atoms with Crippen LogP contribution in [0.5, 0.6) is 0 Å². The highest BCUT2D eigenvalue weighted by molar-refractivity contribution is 4.53. The van der Waals surface area contributed by atoms with Crippen molar-refractivity contribution < 1.29 is 42.6 Å². The van der Waals surface area contributed by atoms with Gasteiger partial charge in [-0.2, -0.15) is 0 Å². The van der Waals surface area contributed by atoms with Crippen LogP contribution in [0.25, 0.3) is 0 Å². The van der Waals surface area contributed by atoms with E-state index in [0.717, 1.165) is 32.5 Å². The van der Waals surface area contributed by atoms with Crippen molar-refractivity contribution in [2.75, 3.05) is 106 Å². The molecule has 9 nitrogen and oxygen atoms in total. The highest BCUT2D eigenvalue weighted by atomic mass is 16.7. The van der Waals surface area contributed by atoms with E-state index < -0.39 is 0 Å². The van der Waals surface area contributed by atoms with Crippen LogP contribution in [0.3, 0.4) is 0 Å². The number of hydrogen-bond acceptors (Lipinski definition) is 9. The Morgan fingerprint density at radius 3 is 1.17 bits per heavy atom. The summed E-state index contributed by atoms with van der Waals surface area (Å²) < 4.78 is 49.8. The van der Waals surface area contributed by atoms with Crippen molar-refractivity contribution in [3.05, 3.63) is 0 Å². The highest BCUT2D eigenvalue weighted by Gasteiger charge is 2.13. The van der Waals surface area contributed by atoms with Crippen LogP contribution in [0.1, 0.15) is 96.8 Å². The second-order valence-electron chi connectivity index (χ2n) is 10.5. The van der Waals surface area contributed by atoms with E-state index in [9.17, 15) is 0 Å². The van der Waals surface area contributed by atoms with E-state index >= 15 is 0 Å². The van der Waals surface area contributed by atoms with Crippen LogP contribution < -0.4 is 0 Å². The van der Waals surface area contributed by atoms with Gasteiger partial charge in [0.25, 0.3) is 0 Å². The Labute approximate surface area is 251 Å². The molecule has 0 saturated carbocycles. The molecule has 1 unspecified atom stereocenters. The van der Waals surface area contributed by atoms with E-state index in [1.165, 1.54) is 70.6 Å². The Morgan fingerprint density at radius 1 is 0.415 bits per heavy atom. The third-order valence-electron chi connectivity index (χ3n) is 6.79. The van der Waals surface area contributed by atoms with Crippen LogP contribution in [-0.2, 0) is 42.6 Å². The lowest BCUT2D eigenvalue weighted by atomic mass is 10.1. The van der Waals surface area contributed by atoms with Gasteiger partial charge in [0, 0.05) is 13.2 Å². The van der Waals surface area contributed by atoms with Gasteiger partial charge in [0.2, 0.25) is 0 Å². The normalized spacial score (nSPS) is 15.6. The van der Waals surface area contributed by atoms with Crippen molar-refractivity contribution in [3.63, 3.8) is 0 Å². The van der Waals surface area contributed by atoms with Crippen molar-refractivity contribution in [2.24, 2.45) is 0 Å². The summed E-state index contributed by atoms with van der Waals surface area (Å²) in [7, 11) is 0. The predicted molar refractivity (Wildman–Crippen MR) is 162 cm³/mol. The summed E-state index contributed by atoms with van der Waals surface area (Å²) in [5.74, 6) is 0. The quantitative estimate of drug-likeness (QED) is 0.0841. The second kappa shape index (κ2) is 34.1. The average Bonchev–Trinajstić information content (AvgIpc) is 3.00. The third kappa shape index (κ3) is 30.9. The Morgan fingerprint density at radius 2 is 0.780 bits per heavy atom. The average molecular weight is 593 g/mol. The maximum absolute atomic E-state index is 5.65. The lowest BCUT2D eigenvalue weighted by molar-refractivity contribution is -0.169. The molecular weight excluding hydrogens is 528 g/mol. The van der Waals surface area contributed by atoms with Gasteiger partial charge in [0.15, 0.2) is 6.29 Å². The molecule has 1 aliphatic heterocycles. The maximum Gasteiger partial charge on any atom is 0.157 e.